The largest absolute Gasteiger partial charge is 0.457 e. The number of piperidine rings is 1. The Morgan fingerprint density at radius 3 is 2.00 bits per heavy atom. The predicted molar refractivity (Wildman–Crippen MR) is 133 cm³/mol. The van der Waals surface area contributed by atoms with Gasteiger partial charge in [-0.25, -0.2) is 0 Å². The Kier molecular flexibility index (Phi) is 7.01. The van der Waals surface area contributed by atoms with Gasteiger partial charge in [0.25, 0.3) is 0 Å². The van der Waals surface area contributed by atoms with Gasteiger partial charge in [0.1, 0.15) is 11.5 Å². The van der Waals surface area contributed by atoms with Crippen LogP contribution in [-0.4, -0.2) is 36.0 Å². The van der Waals surface area contributed by atoms with E-state index in [1.807, 2.05) is 48.5 Å². The van der Waals surface area contributed by atoms with E-state index in [4.69, 9.17) is 4.74 Å². The van der Waals surface area contributed by atoms with Gasteiger partial charge in [-0.05, 0) is 50.7 Å². The number of rotatable bonds is 4. The van der Waals surface area contributed by atoms with Crippen LogP contribution in [0.3, 0.4) is 0 Å². The van der Waals surface area contributed by atoms with E-state index in [0.29, 0.717) is 6.04 Å². The summed E-state index contributed by atoms with van der Waals surface area (Å²) in [5.74, 6) is 2.22. The second-order valence-corrected chi connectivity index (χ2v) is 10.3. The summed E-state index contributed by atoms with van der Waals surface area (Å²) in [6.07, 6.45) is 11.9. The average molecular weight is 447 g/mol. The lowest BCUT2D eigenvalue weighted by atomic mass is 9.85. The van der Waals surface area contributed by atoms with Crippen molar-refractivity contribution >= 4 is 5.91 Å². The Morgan fingerprint density at radius 1 is 0.848 bits per heavy atom. The third-order valence-corrected chi connectivity index (χ3v) is 8.23. The SMILES string of the molecule is CC(C1CCCCCCC1)N1CCC(NC(=O)C2c3ccccc3Oc3ccccc32)CC1. The minimum Gasteiger partial charge on any atom is -0.457 e. The first-order valence-electron chi connectivity index (χ1n) is 13.1. The van der Waals surface area contributed by atoms with Gasteiger partial charge >= 0.3 is 0 Å². The molecule has 1 atom stereocenters. The molecule has 2 aromatic carbocycles. The zero-order valence-electron chi connectivity index (χ0n) is 20.0. The first kappa shape index (κ1) is 22.5. The van der Waals surface area contributed by atoms with Gasteiger partial charge in [-0.1, -0.05) is 68.5 Å². The number of carbonyl (C=O) groups excluding carboxylic acids is 1. The van der Waals surface area contributed by atoms with E-state index < -0.39 is 0 Å². The molecular formula is C29H38N2O2. The summed E-state index contributed by atoms with van der Waals surface area (Å²) in [5.41, 5.74) is 1.92. The molecule has 4 heteroatoms. The van der Waals surface area contributed by atoms with Crippen molar-refractivity contribution in [2.24, 2.45) is 5.92 Å². The molecule has 2 aromatic rings. The first-order chi connectivity index (χ1) is 16.2. The molecule has 1 saturated carbocycles. The highest BCUT2D eigenvalue weighted by Gasteiger charge is 2.34. The highest BCUT2D eigenvalue weighted by Crippen LogP contribution is 2.44. The fraction of sp³-hybridized carbons (Fsp3) is 0.552. The second-order valence-electron chi connectivity index (χ2n) is 10.3. The van der Waals surface area contributed by atoms with E-state index in [-0.39, 0.29) is 17.9 Å². The molecule has 1 amide bonds. The number of benzene rings is 2. The van der Waals surface area contributed by atoms with Gasteiger partial charge in [-0.3, -0.25) is 4.79 Å². The number of nitrogens with zero attached hydrogens (tertiary/aromatic N) is 1. The Labute approximate surface area is 198 Å². The molecule has 0 radical (unpaired) electrons. The van der Waals surface area contributed by atoms with Crippen LogP contribution in [0.15, 0.2) is 48.5 Å². The quantitative estimate of drug-likeness (QED) is 0.603. The van der Waals surface area contributed by atoms with Crippen LogP contribution in [0.1, 0.15) is 81.8 Å². The summed E-state index contributed by atoms with van der Waals surface area (Å²) in [4.78, 5) is 16.2. The zero-order chi connectivity index (χ0) is 22.6. The molecular weight excluding hydrogens is 408 g/mol. The summed E-state index contributed by atoms with van der Waals surface area (Å²) in [6, 6.07) is 16.8. The first-order valence-corrected chi connectivity index (χ1v) is 13.1. The van der Waals surface area contributed by atoms with E-state index in [1.54, 1.807) is 0 Å². The van der Waals surface area contributed by atoms with Gasteiger partial charge < -0.3 is 15.0 Å². The summed E-state index contributed by atoms with van der Waals surface area (Å²) < 4.78 is 6.08. The molecule has 176 valence electrons. The molecule has 0 bridgehead atoms. The number of likely N-dealkylation sites (tertiary alicyclic amines) is 1. The van der Waals surface area contributed by atoms with Gasteiger partial charge in [0.2, 0.25) is 5.91 Å². The van der Waals surface area contributed by atoms with Gasteiger partial charge in [0.05, 0.1) is 5.92 Å². The van der Waals surface area contributed by atoms with Crippen molar-refractivity contribution in [3.05, 3.63) is 59.7 Å². The Morgan fingerprint density at radius 2 is 1.39 bits per heavy atom. The molecule has 3 aliphatic rings. The summed E-state index contributed by atoms with van der Waals surface area (Å²) in [5, 5.41) is 3.41. The second kappa shape index (κ2) is 10.3. The Balaban J connectivity index is 1.22. The van der Waals surface area contributed by atoms with E-state index in [9.17, 15) is 4.79 Å². The van der Waals surface area contributed by atoms with Crippen LogP contribution in [0.5, 0.6) is 11.5 Å². The lowest BCUT2D eigenvalue weighted by Crippen LogP contribution is -2.50. The minimum absolute atomic E-state index is 0.102. The highest BCUT2D eigenvalue weighted by molar-refractivity contribution is 5.89. The third-order valence-electron chi connectivity index (χ3n) is 8.23. The smallest absolute Gasteiger partial charge is 0.232 e. The van der Waals surface area contributed by atoms with Crippen LogP contribution in [0, 0.1) is 5.92 Å². The van der Waals surface area contributed by atoms with E-state index in [2.05, 4.69) is 17.1 Å². The maximum Gasteiger partial charge on any atom is 0.232 e. The number of hydrogen-bond acceptors (Lipinski definition) is 3. The van der Waals surface area contributed by atoms with Crippen molar-refractivity contribution < 1.29 is 9.53 Å². The topological polar surface area (TPSA) is 41.6 Å². The molecule has 33 heavy (non-hydrogen) atoms. The lowest BCUT2D eigenvalue weighted by Gasteiger charge is -2.40. The molecule has 5 rings (SSSR count). The van der Waals surface area contributed by atoms with Crippen molar-refractivity contribution in [1.29, 1.82) is 0 Å². The molecule has 2 heterocycles. The number of fused-ring (bicyclic) bond motifs is 2. The summed E-state index contributed by atoms with van der Waals surface area (Å²) in [7, 11) is 0. The van der Waals surface area contributed by atoms with Crippen molar-refractivity contribution in [3.63, 3.8) is 0 Å². The fourth-order valence-corrected chi connectivity index (χ4v) is 6.20. The summed E-state index contributed by atoms with van der Waals surface area (Å²) in [6.45, 7) is 4.62. The molecule has 1 saturated heterocycles. The van der Waals surface area contributed by atoms with Crippen LogP contribution in [0.4, 0.5) is 0 Å². The number of hydrogen-bond donors (Lipinski definition) is 1. The van der Waals surface area contributed by atoms with Gasteiger partial charge in [-0.2, -0.15) is 0 Å². The van der Waals surface area contributed by atoms with Crippen LogP contribution in [-0.2, 0) is 4.79 Å². The lowest BCUT2D eigenvalue weighted by molar-refractivity contribution is -0.122. The molecule has 4 nitrogen and oxygen atoms in total. The number of nitrogens with one attached hydrogen (secondary N) is 1. The Bertz CT molecular complexity index is 897. The maximum absolute atomic E-state index is 13.5. The number of amides is 1. The van der Waals surface area contributed by atoms with Crippen LogP contribution >= 0.6 is 0 Å². The molecule has 0 spiro atoms. The fourth-order valence-electron chi connectivity index (χ4n) is 6.20. The van der Waals surface area contributed by atoms with Gasteiger partial charge in [-0.15, -0.1) is 0 Å². The Hall–Kier alpha value is -2.33. The molecule has 1 unspecified atom stereocenters. The number of para-hydroxylation sites is 2. The van der Waals surface area contributed by atoms with Gasteiger partial charge in [0, 0.05) is 36.3 Å². The normalized spacial score (nSPS) is 21.7. The molecule has 1 aliphatic carbocycles. The van der Waals surface area contributed by atoms with E-state index >= 15 is 0 Å². The van der Waals surface area contributed by atoms with Crippen molar-refractivity contribution in [2.45, 2.75) is 82.7 Å². The van der Waals surface area contributed by atoms with Crippen LogP contribution in [0.2, 0.25) is 0 Å². The minimum atomic E-state index is -0.307. The highest BCUT2D eigenvalue weighted by atomic mass is 16.5. The van der Waals surface area contributed by atoms with E-state index in [1.165, 1.54) is 44.9 Å². The van der Waals surface area contributed by atoms with Gasteiger partial charge in [0.15, 0.2) is 0 Å². The average Bonchev–Trinajstić information content (AvgIpc) is 2.82. The molecule has 2 fully saturated rings. The van der Waals surface area contributed by atoms with Crippen LogP contribution < -0.4 is 10.1 Å². The monoisotopic (exact) mass is 446 g/mol. The maximum atomic E-state index is 13.5. The van der Waals surface area contributed by atoms with Crippen molar-refractivity contribution in [1.82, 2.24) is 10.2 Å². The summed E-state index contributed by atoms with van der Waals surface area (Å²) >= 11 is 0. The third kappa shape index (κ3) is 4.96. The molecule has 2 aliphatic heterocycles. The van der Waals surface area contributed by atoms with Crippen molar-refractivity contribution in [2.75, 3.05) is 13.1 Å². The molecule has 1 N–H and O–H groups in total. The predicted octanol–water partition coefficient (Wildman–Crippen LogP) is 6.25. The standard InChI is InChI=1S/C29H38N2O2/c1-21(22-11-5-3-2-4-6-12-22)31-19-17-23(18-20-31)30-29(32)28-24-13-7-9-15-26(24)33-27-16-10-8-14-25(27)28/h7-10,13-16,21-23,28H,2-6,11-12,17-20H2,1H3,(H,30,32). The number of ether oxygens (including phenoxy) is 1. The number of carbonyl (C=O) groups is 1. The zero-order valence-corrected chi connectivity index (χ0v) is 20.0. The van der Waals surface area contributed by atoms with Crippen molar-refractivity contribution in [3.8, 4) is 11.5 Å². The van der Waals surface area contributed by atoms with E-state index in [0.717, 1.165) is 54.5 Å². The molecule has 0 aromatic heterocycles. The van der Waals surface area contributed by atoms with Crippen LogP contribution in [0.25, 0.3) is 0 Å².